The first-order chi connectivity index (χ1) is 10.8. The molecule has 0 saturated carbocycles. The van der Waals surface area contributed by atoms with Gasteiger partial charge in [-0.05, 0) is 36.4 Å². The maximum absolute atomic E-state index is 12.5. The first-order valence-electron chi connectivity index (χ1n) is 6.48. The van der Waals surface area contributed by atoms with Crippen LogP contribution in [0, 0.1) is 0 Å². The van der Waals surface area contributed by atoms with Crippen LogP contribution in [0.2, 0.25) is 0 Å². The summed E-state index contributed by atoms with van der Waals surface area (Å²) in [6.07, 6.45) is -4.39. The second-order valence-electron chi connectivity index (χ2n) is 4.60. The van der Waals surface area contributed by atoms with Gasteiger partial charge < -0.3 is 9.47 Å². The normalized spacial score (nSPS) is 11.2. The van der Waals surface area contributed by atoms with Gasteiger partial charge in [-0.2, -0.15) is 13.2 Å². The standard InChI is InChI=1S/C16H12BrF3O3/c1-22-15(21)14-8-12(17)5-2-10(14)9-23-13-6-3-11(4-7-13)16(18,19)20/h2-8H,9H2,1H3. The molecule has 0 N–H and O–H groups in total. The third kappa shape index (κ3) is 4.48. The van der Waals surface area contributed by atoms with Crippen molar-refractivity contribution in [2.75, 3.05) is 7.11 Å². The van der Waals surface area contributed by atoms with Crippen molar-refractivity contribution in [3.8, 4) is 5.75 Å². The van der Waals surface area contributed by atoms with Gasteiger partial charge in [0.25, 0.3) is 0 Å². The largest absolute Gasteiger partial charge is 0.489 e. The van der Waals surface area contributed by atoms with E-state index < -0.39 is 17.7 Å². The summed E-state index contributed by atoms with van der Waals surface area (Å²) in [5.41, 5.74) is 0.150. The first-order valence-corrected chi connectivity index (χ1v) is 7.27. The SMILES string of the molecule is COC(=O)c1cc(Br)ccc1COc1ccc(C(F)(F)F)cc1. The van der Waals surface area contributed by atoms with Crippen molar-refractivity contribution in [2.45, 2.75) is 12.8 Å². The molecular weight excluding hydrogens is 377 g/mol. The van der Waals surface area contributed by atoms with Crippen LogP contribution in [-0.2, 0) is 17.5 Å². The Morgan fingerprint density at radius 3 is 2.35 bits per heavy atom. The number of methoxy groups -OCH3 is 1. The molecule has 0 aliphatic heterocycles. The van der Waals surface area contributed by atoms with E-state index in [1.54, 1.807) is 18.2 Å². The highest BCUT2D eigenvalue weighted by Gasteiger charge is 2.30. The van der Waals surface area contributed by atoms with Crippen LogP contribution in [0.5, 0.6) is 5.75 Å². The van der Waals surface area contributed by atoms with Gasteiger partial charge in [-0.25, -0.2) is 4.79 Å². The van der Waals surface area contributed by atoms with Gasteiger partial charge in [0, 0.05) is 10.0 Å². The predicted octanol–water partition coefficient (Wildman–Crippen LogP) is 4.83. The van der Waals surface area contributed by atoms with Gasteiger partial charge in [0.1, 0.15) is 12.4 Å². The van der Waals surface area contributed by atoms with Crippen LogP contribution in [0.3, 0.4) is 0 Å². The summed E-state index contributed by atoms with van der Waals surface area (Å²) in [4.78, 5) is 11.7. The van der Waals surface area contributed by atoms with E-state index >= 15 is 0 Å². The Hall–Kier alpha value is -2.02. The number of hydrogen-bond acceptors (Lipinski definition) is 3. The highest BCUT2D eigenvalue weighted by atomic mass is 79.9. The van der Waals surface area contributed by atoms with E-state index in [9.17, 15) is 18.0 Å². The van der Waals surface area contributed by atoms with Gasteiger partial charge in [-0.3, -0.25) is 0 Å². The molecule has 0 atom stereocenters. The monoisotopic (exact) mass is 388 g/mol. The third-order valence-electron chi connectivity index (χ3n) is 3.05. The number of benzene rings is 2. The number of halogens is 4. The van der Waals surface area contributed by atoms with Gasteiger partial charge >= 0.3 is 12.1 Å². The van der Waals surface area contributed by atoms with Gasteiger partial charge in [0.05, 0.1) is 18.2 Å². The van der Waals surface area contributed by atoms with Crippen molar-refractivity contribution in [1.29, 1.82) is 0 Å². The minimum Gasteiger partial charge on any atom is -0.489 e. The molecule has 0 aliphatic carbocycles. The second kappa shape index (κ2) is 7.04. The molecule has 2 aromatic rings. The topological polar surface area (TPSA) is 35.5 Å². The highest BCUT2D eigenvalue weighted by Crippen LogP contribution is 2.30. The maximum atomic E-state index is 12.5. The van der Waals surface area contributed by atoms with Crippen LogP contribution >= 0.6 is 15.9 Å². The lowest BCUT2D eigenvalue weighted by Crippen LogP contribution is -2.08. The van der Waals surface area contributed by atoms with E-state index in [1.165, 1.54) is 19.2 Å². The molecule has 3 nitrogen and oxygen atoms in total. The number of hydrogen-bond donors (Lipinski definition) is 0. The second-order valence-corrected chi connectivity index (χ2v) is 5.52. The average molecular weight is 389 g/mol. The van der Waals surface area contributed by atoms with Crippen LogP contribution in [0.15, 0.2) is 46.9 Å². The molecule has 122 valence electrons. The fourth-order valence-corrected chi connectivity index (χ4v) is 2.24. The lowest BCUT2D eigenvalue weighted by Gasteiger charge is -2.11. The Morgan fingerprint density at radius 1 is 1.13 bits per heavy atom. The summed E-state index contributed by atoms with van der Waals surface area (Å²) in [5, 5.41) is 0. The minimum absolute atomic E-state index is 0.0308. The third-order valence-corrected chi connectivity index (χ3v) is 3.55. The number of carbonyl (C=O) groups excluding carboxylic acids is 1. The molecule has 0 bridgehead atoms. The number of alkyl halides is 3. The van der Waals surface area contributed by atoms with Crippen molar-refractivity contribution in [3.05, 3.63) is 63.6 Å². The van der Waals surface area contributed by atoms with E-state index in [0.717, 1.165) is 12.1 Å². The summed E-state index contributed by atoms with van der Waals surface area (Å²) < 4.78 is 48.3. The average Bonchev–Trinajstić information content (AvgIpc) is 2.52. The van der Waals surface area contributed by atoms with E-state index in [2.05, 4.69) is 15.9 Å². The molecular formula is C16H12BrF3O3. The fraction of sp³-hybridized carbons (Fsp3) is 0.188. The molecule has 0 fully saturated rings. The molecule has 2 rings (SSSR count). The summed E-state index contributed by atoms with van der Waals surface area (Å²) in [6.45, 7) is 0.0308. The van der Waals surface area contributed by atoms with E-state index in [4.69, 9.17) is 9.47 Å². The molecule has 0 radical (unpaired) electrons. The molecule has 0 spiro atoms. The van der Waals surface area contributed by atoms with E-state index in [-0.39, 0.29) is 12.4 Å². The van der Waals surface area contributed by atoms with Crippen molar-refractivity contribution in [2.24, 2.45) is 0 Å². The molecule has 23 heavy (non-hydrogen) atoms. The molecule has 0 amide bonds. The van der Waals surface area contributed by atoms with Crippen LogP contribution < -0.4 is 4.74 Å². The van der Waals surface area contributed by atoms with Crippen LogP contribution in [-0.4, -0.2) is 13.1 Å². The molecule has 0 unspecified atom stereocenters. The maximum Gasteiger partial charge on any atom is 0.416 e. The molecule has 7 heteroatoms. The summed E-state index contributed by atoms with van der Waals surface area (Å²) in [5.74, 6) is -0.242. The zero-order valence-electron chi connectivity index (χ0n) is 12.0. The zero-order chi connectivity index (χ0) is 17.0. The molecule has 0 aliphatic rings. The lowest BCUT2D eigenvalue weighted by atomic mass is 10.1. The van der Waals surface area contributed by atoms with Crippen molar-refractivity contribution >= 4 is 21.9 Å². The molecule has 0 aromatic heterocycles. The summed E-state index contributed by atoms with van der Waals surface area (Å²) >= 11 is 3.26. The molecule has 0 saturated heterocycles. The summed E-state index contributed by atoms with van der Waals surface area (Å²) in [6, 6.07) is 9.37. The van der Waals surface area contributed by atoms with Gasteiger partial charge in [0.2, 0.25) is 0 Å². The van der Waals surface area contributed by atoms with Crippen molar-refractivity contribution in [3.63, 3.8) is 0 Å². The Morgan fingerprint density at radius 2 is 1.78 bits per heavy atom. The zero-order valence-corrected chi connectivity index (χ0v) is 13.6. The van der Waals surface area contributed by atoms with Crippen molar-refractivity contribution in [1.82, 2.24) is 0 Å². The fourth-order valence-electron chi connectivity index (χ4n) is 1.88. The Bertz CT molecular complexity index is 697. The van der Waals surface area contributed by atoms with Crippen LogP contribution in [0.1, 0.15) is 21.5 Å². The van der Waals surface area contributed by atoms with E-state index in [1.807, 2.05) is 0 Å². The Balaban J connectivity index is 2.13. The first kappa shape index (κ1) is 17.3. The quantitative estimate of drug-likeness (QED) is 0.703. The Kier molecular flexibility index (Phi) is 5.30. The number of carbonyl (C=O) groups is 1. The van der Waals surface area contributed by atoms with Gasteiger partial charge in [-0.1, -0.05) is 22.0 Å². The number of ether oxygens (including phenoxy) is 2. The van der Waals surface area contributed by atoms with Crippen molar-refractivity contribution < 1.29 is 27.4 Å². The lowest BCUT2D eigenvalue weighted by molar-refractivity contribution is -0.137. The van der Waals surface area contributed by atoms with E-state index in [0.29, 0.717) is 15.6 Å². The summed E-state index contributed by atoms with van der Waals surface area (Å²) in [7, 11) is 1.27. The van der Waals surface area contributed by atoms with Gasteiger partial charge in [0.15, 0.2) is 0 Å². The number of rotatable bonds is 4. The Labute approximate surface area is 139 Å². The number of esters is 1. The minimum atomic E-state index is -4.39. The smallest absolute Gasteiger partial charge is 0.416 e. The molecule has 2 aromatic carbocycles. The highest BCUT2D eigenvalue weighted by molar-refractivity contribution is 9.10. The predicted molar refractivity (Wildman–Crippen MR) is 81.3 cm³/mol. The van der Waals surface area contributed by atoms with Gasteiger partial charge in [-0.15, -0.1) is 0 Å². The van der Waals surface area contributed by atoms with Crippen LogP contribution in [0.25, 0.3) is 0 Å². The molecule has 0 heterocycles. The van der Waals surface area contributed by atoms with Crippen LogP contribution in [0.4, 0.5) is 13.2 Å².